The highest BCUT2D eigenvalue weighted by molar-refractivity contribution is 7.91. The molecule has 0 fully saturated rings. The number of anilines is 1. The van der Waals surface area contributed by atoms with Crippen LogP contribution < -0.4 is 5.73 Å². The van der Waals surface area contributed by atoms with Crippen LogP contribution in [-0.2, 0) is 21.1 Å². The third-order valence-corrected chi connectivity index (χ3v) is 3.82. The number of sulfone groups is 1. The highest BCUT2D eigenvalue weighted by Crippen LogP contribution is 2.24. The van der Waals surface area contributed by atoms with Crippen LogP contribution in [0.3, 0.4) is 0 Å². The smallest absolute Gasteiger partial charge is 0.201 e. The Morgan fingerprint density at radius 1 is 1.44 bits per heavy atom. The van der Waals surface area contributed by atoms with Crippen molar-refractivity contribution in [2.24, 2.45) is 0 Å². The van der Waals surface area contributed by atoms with E-state index in [9.17, 15) is 8.42 Å². The second-order valence-corrected chi connectivity index (χ2v) is 5.99. The molecule has 98 valence electrons. The average Bonchev–Trinajstić information content (AvgIpc) is 2.60. The quantitative estimate of drug-likeness (QED) is 0.881. The lowest BCUT2D eigenvalue weighted by Crippen LogP contribution is -2.07. The number of fused-ring (bicyclic) bond motifs is 1. The number of hydrogen-bond donors (Lipinski definition) is 1. The summed E-state index contributed by atoms with van der Waals surface area (Å²) < 4.78 is 30.1. The molecule has 0 aliphatic heterocycles. The zero-order valence-corrected chi connectivity index (χ0v) is 11.1. The van der Waals surface area contributed by atoms with Gasteiger partial charge in [-0.25, -0.2) is 13.4 Å². The zero-order chi connectivity index (χ0) is 13.3. The van der Waals surface area contributed by atoms with Crippen LogP contribution >= 0.6 is 0 Å². The average molecular weight is 269 g/mol. The van der Waals surface area contributed by atoms with Gasteiger partial charge in [0.25, 0.3) is 0 Å². The van der Waals surface area contributed by atoms with Crippen molar-refractivity contribution < 1.29 is 13.2 Å². The molecule has 1 heterocycles. The van der Waals surface area contributed by atoms with Crippen LogP contribution in [0.2, 0.25) is 0 Å². The van der Waals surface area contributed by atoms with Gasteiger partial charge in [-0.15, -0.1) is 0 Å². The van der Waals surface area contributed by atoms with Gasteiger partial charge in [-0.1, -0.05) is 6.07 Å². The van der Waals surface area contributed by atoms with E-state index in [4.69, 9.17) is 10.5 Å². The standard InChI is InChI=1S/C11H15N3O3S/c1-17-7-6-14-8-4-3-5-9(18(2,15)16)10(8)13-11(14)12/h3-5H,6-7H2,1-2H3,(H2,12,13). The molecule has 0 amide bonds. The van der Waals surface area contributed by atoms with Crippen LogP contribution in [-0.4, -0.2) is 37.9 Å². The molecular weight excluding hydrogens is 254 g/mol. The Labute approximate surface area is 105 Å². The molecule has 0 saturated carbocycles. The molecule has 2 rings (SSSR count). The maximum atomic E-state index is 11.7. The molecule has 1 aromatic heterocycles. The highest BCUT2D eigenvalue weighted by Gasteiger charge is 2.17. The normalized spacial score (nSPS) is 12.1. The van der Waals surface area contributed by atoms with Crippen molar-refractivity contribution in [2.45, 2.75) is 11.4 Å². The summed E-state index contributed by atoms with van der Waals surface area (Å²) in [5, 5.41) is 0. The van der Waals surface area contributed by atoms with Crippen LogP contribution in [0, 0.1) is 0 Å². The molecular formula is C11H15N3O3S. The molecule has 7 heteroatoms. The number of para-hydroxylation sites is 1. The minimum absolute atomic E-state index is 0.197. The molecule has 6 nitrogen and oxygen atoms in total. The van der Waals surface area contributed by atoms with Gasteiger partial charge in [0.1, 0.15) is 5.52 Å². The third-order valence-electron chi connectivity index (χ3n) is 2.69. The van der Waals surface area contributed by atoms with E-state index in [1.54, 1.807) is 23.8 Å². The lowest BCUT2D eigenvalue weighted by Gasteiger charge is -2.05. The SMILES string of the molecule is COCCn1c(N)nc2c(S(C)(=O)=O)cccc21. The molecule has 0 bridgehead atoms. The van der Waals surface area contributed by atoms with Crippen LogP contribution in [0.1, 0.15) is 0 Å². The number of nitrogens with two attached hydrogens (primary N) is 1. The lowest BCUT2D eigenvalue weighted by molar-refractivity contribution is 0.189. The Morgan fingerprint density at radius 3 is 2.78 bits per heavy atom. The predicted molar refractivity (Wildman–Crippen MR) is 69.1 cm³/mol. The number of methoxy groups -OCH3 is 1. The first kappa shape index (κ1) is 12.8. The lowest BCUT2D eigenvalue weighted by atomic mass is 10.3. The van der Waals surface area contributed by atoms with Gasteiger partial charge in [0.15, 0.2) is 9.84 Å². The molecule has 18 heavy (non-hydrogen) atoms. The molecule has 0 radical (unpaired) electrons. The Balaban J connectivity index is 2.67. The monoisotopic (exact) mass is 269 g/mol. The van der Waals surface area contributed by atoms with Gasteiger partial charge in [-0.3, -0.25) is 0 Å². The predicted octanol–water partition coefficient (Wildman–Crippen LogP) is 0.668. The molecule has 0 atom stereocenters. The summed E-state index contributed by atoms with van der Waals surface area (Å²) >= 11 is 0. The first-order valence-corrected chi connectivity index (χ1v) is 7.28. The van der Waals surface area contributed by atoms with Gasteiger partial charge in [0, 0.05) is 19.9 Å². The van der Waals surface area contributed by atoms with E-state index in [2.05, 4.69) is 4.98 Å². The van der Waals surface area contributed by atoms with Gasteiger partial charge in [0.2, 0.25) is 5.95 Å². The van der Waals surface area contributed by atoms with Crippen molar-refractivity contribution >= 4 is 26.8 Å². The van der Waals surface area contributed by atoms with Crippen LogP contribution in [0.15, 0.2) is 23.1 Å². The van der Waals surface area contributed by atoms with Crippen LogP contribution in [0.4, 0.5) is 5.95 Å². The number of rotatable bonds is 4. The summed E-state index contributed by atoms with van der Waals surface area (Å²) in [5.41, 5.74) is 6.92. The summed E-state index contributed by atoms with van der Waals surface area (Å²) in [4.78, 5) is 4.34. The number of ether oxygens (including phenoxy) is 1. The molecule has 0 aliphatic rings. The summed E-state index contributed by atoms with van der Waals surface area (Å²) in [7, 11) is -1.72. The molecule has 2 aromatic rings. The number of nitrogen functional groups attached to an aromatic ring is 1. The van der Waals surface area contributed by atoms with Crippen molar-refractivity contribution in [3.05, 3.63) is 18.2 Å². The molecule has 0 aliphatic carbocycles. The number of benzene rings is 1. The molecule has 0 unspecified atom stereocenters. The van der Waals surface area contributed by atoms with E-state index >= 15 is 0 Å². The van der Waals surface area contributed by atoms with E-state index in [0.717, 1.165) is 6.26 Å². The largest absolute Gasteiger partial charge is 0.383 e. The van der Waals surface area contributed by atoms with Crippen LogP contribution in [0.5, 0.6) is 0 Å². The number of imidazole rings is 1. The minimum Gasteiger partial charge on any atom is -0.383 e. The van der Waals surface area contributed by atoms with E-state index < -0.39 is 9.84 Å². The van der Waals surface area contributed by atoms with Crippen LogP contribution in [0.25, 0.3) is 11.0 Å². The van der Waals surface area contributed by atoms with E-state index in [1.807, 2.05) is 0 Å². The van der Waals surface area contributed by atoms with E-state index in [0.29, 0.717) is 24.2 Å². The third kappa shape index (κ3) is 2.19. The Morgan fingerprint density at radius 2 is 2.17 bits per heavy atom. The topological polar surface area (TPSA) is 87.2 Å². The van der Waals surface area contributed by atoms with Crippen molar-refractivity contribution in [3.8, 4) is 0 Å². The van der Waals surface area contributed by atoms with Gasteiger partial charge in [-0.2, -0.15) is 0 Å². The number of nitrogens with zero attached hydrogens (tertiary/aromatic N) is 2. The number of aromatic nitrogens is 2. The van der Waals surface area contributed by atoms with Gasteiger partial charge in [0.05, 0.1) is 17.0 Å². The van der Waals surface area contributed by atoms with Gasteiger partial charge < -0.3 is 15.0 Å². The van der Waals surface area contributed by atoms with Crippen molar-refractivity contribution in [2.75, 3.05) is 25.7 Å². The maximum absolute atomic E-state index is 11.7. The van der Waals surface area contributed by atoms with Crippen molar-refractivity contribution in [3.63, 3.8) is 0 Å². The Kier molecular flexibility index (Phi) is 3.27. The minimum atomic E-state index is -3.32. The highest BCUT2D eigenvalue weighted by atomic mass is 32.2. The first-order chi connectivity index (χ1) is 8.45. The number of hydrogen-bond acceptors (Lipinski definition) is 5. The Hall–Kier alpha value is -1.60. The summed E-state index contributed by atoms with van der Waals surface area (Å²) in [6.45, 7) is 1.02. The molecule has 0 spiro atoms. The summed E-state index contributed by atoms with van der Waals surface area (Å²) in [6, 6.07) is 5.01. The van der Waals surface area contributed by atoms with Gasteiger partial charge in [-0.05, 0) is 12.1 Å². The van der Waals surface area contributed by atoms with E-state index in [-0.39, 0.29) is 10.8 Å². The molecule has 1 aromatic carbocycles. The summed E-state index contributed by atoms with van der Waals surface area (Å²) in [5.74, 6) is 0.290. The fourth-order valence-corrected chi connectivity index (χ4v) is 2.68. The fourth-order valence-electron chi connectivity index (χ4n) is 1.86. The second kappa shape index (κ2) is 4.58. The second-order valence-electron chi connectivity index (χ2n) is 4.01. The maximum Gasteiger partial charge on any atom is 0.201 e. The molecule has 2 N–H and O–H groups in total. The molecule has 0 saturated heterocycles. The van der Waals surface area contributed by atoms with Crippen molar-refractivity contribution in [1.29, 1.82) is 0 Å². The Bertz CT molecular complexity index is 676. The zero-order valence-electron chi connectivity index (χ0n) is 10.3. The first-order valence-electron chi connectivity index (χ1n) is 5.39. The summed E-state index contributed by atoms with van der Waals surface area (Å²) in [6.07, 6.45) is 1.16. The fraction of sp³-hybridized carbons (Fsp3) is 0.364. The van der Waals surface area contributed by atoms with E-state index in [1.165, 1.54) is 6.07 Å². The van der Waals surface area contributed by atoms with Crippen molar-refractivity contribution in [1.82, 2.24) is 9.55 Å². The van der Waals surface area contributed by atoms with Gasteiger partial charge >= 0.3 is 0 Å².